The molecule has 2 fully saturated rings. The highest BCUT2D eigenvalue weighted by atomic mass is 32.2. The minimum absolute atomic E-state index is 0.225. The van der Waals surface area contributed by atoms with Gasteiger partial charge in [-0.1, -0.05) is 70.4 Å². The second kappa shape index (κ2) is 13.0. The van der Waals surface area contributed by atoms with Crippen molar-refractivity contribution in [2.45, 2.75) is 135 Å². The fourth-order valence-corrected chi connectivity index (χ4v) is 5.07. The van der Waals surface area contributed by atoms with Crippen LogP contribution in [0.3, 0.4) is 0 Å². The van der Waals surface area contributed by atoms with Gasteiger partial charge in [0.05, 0.1) is 12.9 Å². The predicted molar refractivity (Wildman–Crippen MR) is 129 cm³/mol. The van der Waals surface area contributed by atoms with Crippen LogP contribution in [-0.4, -0.2) is 57.3 Å². The first-order valence-corrected chi connectivity index (χ1v) is 14.5. The van der Waals surface area contributed by atoms with Gasteiger partial charge < -0.3 is 18.9 Å². The maximum Gasteiger partial charge on any atom is 0.264 e. The molecule has 2 aliphatic rings. The van der Waals surface area contributed by atoms with E-state index in [1.165, 1.54) is 51.4 Å². The highest BCUT2D eigenvalue weighted by Gasteiger charge is 2.51. The van der Waals surface area contributed by atoms with Gasteiger partial charge in [0.2, 0.25) is 0 Å². The van der Waals surface area contributed by atoms with E-state index in [1.807, 2.05) is 19.9 Å². The normalized spacial score (nSPS) is 28.0. The summed E-state index contributed by atoms with van der Waals surface area (Å²) in [6.07, 6.45) is 15.2. The average molecular weight is 491 g/mol. The molecule has 8 heteroatoms. The molecule has 0 aromatic rings. The summed E-state index contributed by atoms with van der Waals surface area (Å²) in [5, 5.41) is 0. The Morgan fingerprint density at radius 2 is 1.52 bits per heavy atom. The van der Waals surface area contributed by atoms with Gasteiger partial charge in [-0.05, 0) is 40.5 Å². The molecule has 0 saturated carbocycles. The van der Waals surface area contributed by atoms with Crippen LogP contribution in [0, 0.1) is 0 Å². The van der Waals surface area contributed by atoms with Crippen LogP contribution < -0.4 is 0 Å². The molecule has 0 radical (unpaired) electrons. The van der Waals surface area contributed by atoms with Gasteiger partial charge in [0.1, 0.15) is 24.4 Å². The summed E-state index contributed by atoms with van der Waals surface area (Å²) < 4.78 is 53.2. The third kappa shape index (κ3) is 10.7. The lowest BCUT2D eigenvalue weighted by Gasteiger charge is -2.29. The number of allylic oxidation sites excluding steroid dienone is 1. The molecule has 0 spiro atoms. The molecule has 7 nitrogen and oxygen atoms in total. The van der Waals surface area contributed by atoms with Crippen molar-refractivity contribution in [2.24, 2.45) is 0 Å². The van der Waals surface area contributed by atoms with E-state index in [1.54, 1.807) is 13.8 Å². The molecule has 0 amide bonds. The largest absolute Gasteiger partial charge is 0.348 e. The predicted octanol–water partition coefficient (Wildman–Crippen LogP) is 5.48. The first-order chi connectivity index (χ1) is 15.4. The number of unbranched alkanes of at least 4 members (excludes halogenated alkanes) is 9. The zero-order valence-electron chi connectivity index (χ0n) is 21.5. The fraction of sp³-hybridized carbons (Fsp3) is 0.920. The maximum absolute atomic E-state index is 12.0. The highest BCUT2D eigenvalue weighted by Crippen LogP contribution is 2.36. The zero-order chi connectivity index (χ0) is 24.5. The third-order valence-electron chi connectivity index (χ3n) is 5.97. The average Bonchev–Trinajstić information content (AvgIpc) is 3.21. The second-order valence-corrected chi connectivity index (χ2v) is 11.8. The van der Waals surface area contributed by atoms with Crippen LogP contribution in [0.15, 0.2) is 12.2 Å². The lowest BCUT2D eigenvalue weighted by Crippen LogP contribution is -2.47. The monoisotopic (exact) mass is 490 g/mol. The molecule has 0 aromatic carbocycles. The van der Waals surface area contributed by atoms with Crippen LogP contribution in [0.1, 0.15) is 98.8 Å². The molecule has 2 aliphatic heterocycles. The van der Waals surface area contributed by atoms with Gasteiger partial charge >= 0.3 is 0 Å². The summed E-state index contributed by atoms with van der Waals surface area (Å²) >= 11 is 0. The van der Waals surface area contributed by atoms with E-state index in [-0.39, 0.29) is 6.61 Å². The van der Waals surface area contributed by atoms with Crippen LogP contribution in [0.25, 0.3) is 0 Å². The molecule has 33 heavy (non-hydrogen) atoms. The quantitative estimate of drug-likeness (QED) is 0.171. The van der Waals surface area contributed by atoms with Gasteiger partial charge in [0.15, 0.2) is 11.6 Å². The SMILES string of the molecule is CCCCCCCCCCC/C=C\[C@H]1OC(C)(C)O[C@H]1[C@H](OS(C)(=O)=O)[C@H]1COC(C)(C)O1. The lowest BCUT2D eigenvalue weighted by atomic mass is 10.0. The van der Waals surface area contributed by atoms with E-state index in [0.29, 0.717) is 0 Å². The standard InChI is InChI=1S/C25H46O7S/c1-7-8-9-10-11-12-13-14-15-16-17-18-20-22(31-25(4,5)29-20)23(32-33(6,26)27)21-19-28-24(2,3)30-21/h17-18,20-23H,7-16,19H2,1-6H3/b18-17-/t20-,21-,22-,23-/m1/s1. The summed E-state index contributed by atoms with van der Waals surface area (Å²) in [7, 11) is -3.74. The van der Waals surface area contributed by atoms with Crippen molar-refractivity contribution in [1.82, 2.24) is 0 Å². The van der Waals surface area contributed by atoms with Crippen molar-refractivity contribution in [2.75, 3.05) is 12.9 Å². The van der Waals surface area contributed by atoms with Crippen LogP contribution >= 0.6 is 0 Å². The Morgan fingerprint density at radius 1 is 0.909 bits per heavy atom. The van der Waals surface area contributed by atoms with Crippen LogP contribution in [-0.2, 0) is 33.2 Å². The van der Waals surface area contributed by atoms with E-state index >= 15 is 0 Å². The van der Waals surface area contributed by atoms with E-state index in [4.69, 9.17) is 23.1 Å². The van der Waals surface area contributed by atoms with Crippen LogP contribution in [0.2, 0.25) is 0 Å². The number of rotatable bonds is 15. The van der Waals surface area contributed by atoms with Gasteiger partial charge in [-0.2, -0.15) is 8.42 Å². The first-order valence-electron chi connectivity index (χ1n) is 12.6. The van der Waals surface area contributed by atoms with E-state index in [0.717, 1.165) is 19.1 Å². The van der Waals surface area contributed by atoms with Gasteiger partial charge in [0, 0.05) is 0 Å². The Balaban J connectivity index is 1.89. The van der Waals surface area contributed by atoms with Crippen molar-refractivity contribution < 1.29 is 31.5 Å². The smallest absolute Gasteiger partial charge is 0.264 e. The highest BCUT2D eigenvalue weighted by molar-refractivity contribution is 7.86. The summed E-state index contributed by atoms with van der Waals surface area (Å²) in [6, 6.07) is 0. The molecule has 4 atom stereocenters. The van der Waals surface area contributed by atoms with E-state index in [9.17, 15) is 8.42 Å². The molecule has 194 valence electrons. The molecular weight excluding hydrogens is 444 g/mol. The molecule has 2 saturated heterocycles. The van der Waals surface area contributed by atoms with Gasteiger partial charge in [-0.25, -0.2) is 0 Å². The number of ether oxygens (including phenoxy) is 4. The third-order valence-corrected chi connectivity index (χ3v) is 6.54. The minimum atomic E-state index is -3.74. The van der Waals surface area contributed by atoms with Crippen LogP contribution in [0.4, 0.5) is 0 Å². The van der Waals surface area contributed by atoms with Crippen molar-refractivity contribution in [3.63, 3.8) is 0 Å². The molecule has 2 heterocycles. The second-order valence-electron chi connectivity index (χ2n) is 10.2. The molecular formula is C25H46O7S. The Labute approximate surface area is 201 Å². The van der Waals surface area contributed by atoms with Crippen molar-refractivity contribution in [1.29, 1.82) is 0 Å². The molecule has 0 unspecified atom stereocenters. The Hall–Kier alpha value is -0.510. The van der Waals surface area contributed by atoms with E-state index < -0.39 is 46.1 Å². The van der Waals surface area contributed by atoms with E-state index in [2.05, 4.69) is 13.0 Å². The van der Waals surface area contributed by atoms with Crippen LogP contribution in [0.5, 0.6) is 0 Å². The Morgan fingerprint density at radius 3 is 2.06 bits per heavy atom. The zero-order valence-corrected chi connectivity index (χ0v) is 22.3. The Bertz CT molecular complexity index is 702. The van der Waals surface area contributed by atoms with Crippen molar-refractivity contribution >= 4 is 10.1 Å². The van der Waals surface area contributed by atoms with Gasteiger partial charge in [0.25, 0.3) is 10.1 Å². The van der Waals surface area contributed by atoms with Gasteiger partial charge in [-0.15, -0.1) is 0 Å². The topological polar surface area (TPSA) is 80.3 Å². The molecule has 0 bridgehead atoms. The summed E-state index contributed by atoms with van der Waals surface area (Å²) in [5.74, 6) is -1.66. The maximum atomic E-state index is 12.0. The van der Waals surface area contributed by atoms with Crippen molar-refractivity contribution in [3.05, 3.63) is 12.2 Å². The molecule has 0 N–H and O–H groups in total. The lowest BCUT2D eigenvalue weighted by molar-refractivity contribution is -0.174. The number of hydrogen-bond acceptors (Lipinski definition) is 7. The molecule has 0 aliphatic carbocycles. The first kappa shape index (κ1) is 28.7. The Kier molecular flexibility index (Phi) is 11.3. The molecule has 2 rings (SSSR count). The summed E-state index contributed by atoms with van der Waals surface area (Å²) in [6.45, 7) is 9.70. The number of hydrogen-bond donors (Lipinski definition) is 0. The minimum Gasteiger partial charge on any atom is -0.348 e. The van der Waals surface area contributed by atoms with Crippen molar-refractivity contribution in [3.8, 4) is 0 Å². The summed E-state index contributed by atoms with van der Waals surface area (Å²) in [5.41, 5.74) is 0. The van der Waals surface area contributed by atoms with Gasteiger partial charge in [-0.3, -0.25) is 4.18 Å². The fourth-order valence-electron chi connectivity index (χ4n) is 4.43. The summed E-state index contributed by atoms with van der Waals surface area (Å²) in [4.78, 5) is 0. The molecule has 0 aromatic heterocycles.